The summed E-state index contributed by atoms with van der Waals surface area (Å²) in [7, 11) is 0. The Morgan fingerprint density at radius 3 is 2.61 bits per heavy atom. The molecule has 0 bridgehead atoms. The van der Waals surface area contributed by atoms with E-state index in [1.165, 1.54) is 20.5 Å². The Balaban J connectivity index is 0.00000192. The lowest BCUT2D eigenvalue weighted by atomic mass is 9.98. The number of hydrogen-bond acceptors (Lipinski definition) is 6. The molecule has 0 unspecified atom stereocenters. The van der Waals surface area contributed by atoms with Crippen molar-refractivity contribution in [2.75, 3.05) is 31.1 Å². The van der Waals surface area contributed by atoms with E-state index < -0.39 is 0 Å². The van der Waals surface area contributed by atoms with Crippen molar-refractivity contribution < 1.29 is 4.79 Å². The largest absolute Gasteiger partial charge is 0.338 e. The number of hydrogen-bond donors (Lipinski definition) is 1. The Morgan fingerprint density at radius 2 is 1.82 bits per heavy atom. The van der Waals surface area contributed by atoms with Crippen molar-refractivity contribution in [3.8, 4) is 0 Å². The SMILES string of the molecule is Cl.O=C([C@H]1Cc2c(sc3ccccc23)CN1)N1CCN(c2ncccn2)CC1. The molecule has 4 heterocycles. The number of benzene rings is 1. The minimum atomic E-state index is -0.130. The van der Waals surface area contributed by atoms with E-state index in [0.29, 0.717) is 13.1 Å². The third-order valence-electron chi connectivity index (χ3n) is 5.42. The topological polar surface area (TPSA) is 61.4 Å². The number of carbonyl (C=O) groups excluding carboxylic acids is 1. The van der Waals surface area contributed by atoms with Crippen LogP contribution in [0.1, 0.15) is 10.4 Å². The first-order chi connectivity index (χ1) is 13.3. The average Bonchev–Trinajstić information content (AvgIpc) is 3.12. The third kappa shape index (κ3) is 3.45. The summed E-state index contributed by atoms with van der Waals surface area (Å²) in [5.41, 5.74) is 1.35. The molecule has 1 N–H and O–H groups in total. The maximum absolute atomic E-state index is 13.1. The Hall–Kier alpha value is -2.22. The lowest BCUT2D eigenvalue weighted by Crippen LogP contribution is -2.55. The normalized spacial score (nSPS) is 19.2. The highest BCUT2D eigenvalue weighted by Gasteiger charge is 2.32. The van der Waals surface area contributed by atoms with Crippen LogP contribution in [0.25, 0.3) is 10.1 Å². The molecule has 0 radical (unpaired) electrons. The molecular formula is C20H22ClN5OS. The average molecular weight is 416 g/mol. The van der Waals surface area contributed by atoms with Crippen LogP contribution in [-0.4, -0.2) is 53.0 Å². The van der Waals surface area contributed by atoms with Crippen LogP contribution < -0.4 is 10.2 Å². The van der Waals surface area contributed by atoms with Crippen molar-refractivity contribution >= 4 is 45.7 Å². The highest BCUT2D eigenvalue weighted by atomic mass is 35.5. The van der Waals surface area contributed by atoms with E-state index in [4.69, 9.17) is 0 Å². The van der Waals surface area contributed by atoms with Crippen LogP contribution in [0.3, 0.4) is 0 Å². The maximum atomic E-state index is 13.1. The summed E-state index contributed by atoms with van der Waals surface area (Å²) in [6.45, 7) is 3.76. The zero-order chi connectivity index (χ0) is 18.2. The van der Waals surface area contributed by atoms with E-state index in [0.717, 1.165) is 32.0 Å². The Labute approximate surface area is 174 Å². The molecule has 0 spiro atoms. The van der Waals surface area contributed by atoms with Gasteiger partial charge in [0.25, 0.3) is 0 Å². The molecule has 1 atom stereocenters. The number of amides is 1. The molecule has 2 aliphatic rings. The number of aromatic nitrogens is 2. The zero-order valence-electron chi connectivity index (χ0n) is 15.4. The molecule has 0 saturated carbocycles. The minimum absolute atomic E-state index is 0. The van der Waals surface area contributed by atoms with Crippen LogP contribution in [0.5, 0.6) is 0 Å². The van der Waals surface area contributed by atoms with Crippen LogP contribution in [0, 0.1) is 0 Å². The van der Waals surface area contributed by atoms with Crippen molar-refractivity contribution in [1.82, 2.24) is 20.2 Å². The van der Waals surface area contributed by atoms with E-state index in [2.05, 4.69) is 44.5 Å². The van der Waals surface area contributed by atoms with Gasteiger partial charge in [0.05, 0.1) is 6.04 Å². The fourth-order valence-electron chi connectivity index (χ4n) is 3.98. The van der Waals surface area contributed by atoms with Crippen LogP contribution in [-0.2, 0) is 17.8 Å². The standard InChI is InChI=1S/C20H21N5OS.ClH/c26-19(24-8-10-25(11-9-24)20-21-6-3-7-22-20)16-12-15-14-4-1-2-5-17(14)27-18(15)13-23-16;/h1-7,16,23H,8-13H2;1H/t16-;/m1./s1. The fraction of sp³-hybridized carbons (Fsp3) is 0.350. The van der Waals surface area contributed by atoms with Gasteiger partial charge in [-0.05, 0) is 29.5 Å². The van der Waals surface area contributed by atoms with Gasteiger partial charge in [-0.1, -0.05) is 18.2 Å². The fourth-order valence-corrected chi connectivity index (χ4v) is 5.17. The predicted molar refractivity (Wildman–Crippen MR) is 114 cm³/mol. The van der Waals surface area contributed by atoms with Crippen molar-refractivity contribution in [2.24, 2.45) is 0 Å². The second kappa shape index (κ2) is 8.03. The number of anilines is 1. The molecule has 146 valence electrons. The van der Waals surface area contributed by atoms with Crippen LogP contribution in [0.2, 0.25) is 0 Å². The Kier molecular flexibility index (Phi) is 5.48. The molecule has 1 amide bonds. The highest BCUT2D eigenvalue weighted by Crippen LogP contribution is 2.34. The molecule has 3 aromatic rings. The van der Waals surface area contributed by atoms with Crippen molar-refractivity contribution in [2.45, 2.75) is 19.0 Å². The first kappa shape index (κ1) is 19.1. The molecule has 0 aliphatic carbocycles. The number of nitrogens with zero attached hydrogens (tertiary/aromatic N) is 4. The quantitative estimate of drug-likeness (QED) is 0.696. The van der Waals surface area contributed by atoms with Gasteiger partial charge in [0.2, 0.25) is 11.9 Å². The predicted octanol–water partition coefficient (Wildman–Crippen LogP) is 2.48. The van der Waals surface area contributed by atoms with Gasteiger partial charge in [-0.3, -0.25) is 4.79 Å². The number of rotatable bonds is 2. The molecule has 8 heteroatoms. The lowest BCUT2D eigenvalue weighted by Gasteiger charge is -2.37. The van der Waals surface area contributed by atoms with Gasteiger partial charge in [-0.15, -0.1) is 23.7 Å². The molecular weight excluding hydrogens is 394 g/mol. The number of nitrogens with one attached hydrogen (secondary N) is 1. The molecule has 2 aromatic heterocycles. The van der Waals surface area contributed by atoms with Crippen LogP contribution in [0.4, 0.5) is 5.95 Å². The highest BCUT2D eigenvalue weighted by molar-refractivity contribution is 7.19. The number of piperazine rings is 1. The van der Waals surface area contributed by atoms with Crippen molar-refractivity contribution in [3.05, 3.63) is 53.2 Å². The van der Waals surface area contributed by atoms with Crippen LogP contribution >= 0.6 is 23.7 Å². The summed E-state index contributed by atoms with van der Waals surface area (Å²) < 4.78 is 1.31. The molecule has 28 heavy (non-hydrogen) atoms. The molecule has 1 saturated heterocycles. The van der Waals surface area contributed by atoms with Gasteiger partial charge < -0.3 is 15.1 Å². The molecule has 6 nitrogen and oxygen atoms in total. The summed E-state index contributed by atoms with van der Waals surface area (Å²) in [6, 6.07) is 10.2. The molecule has 5 rings (SSSR count). The zero-order valence-corrected chi connectivity index (χ0v) is 17.0. The summed E-state index contributed by atoms with van der Waals surface area (Å²) >= 11 is 1.84. The van der Waals surface area contributed by atoms with E-state index >= 15 is 0 Å². The Bertz CT molecular complexity index is 971. The number of halogens is 1. The number of thiophene rings is 1. The second-order valence-electron chi connectivity index (χ2n) is 7.00. The lowest BCUT2D eigenvalue weighted by molar-refractivity contribution is -0.133. The summed E-state index contributed by atoms with van der Waals surface area (Å²) in [6.07, 6.45) is 4.29. The van der Waals surface area contributed by atoms with Crippen LogP contribution in [0.15, 0.2) is 42.7 Å². The first-order valence-corrected chi connectivity index (χ1v) is 10.1. The minimum Gasteiger partial charge on any atom is -0.338 e. The summed E-state index contributed by atoms with van der Waals surface area (Å²) in [5.74, 6) is 0.958. The molecule has 1 fully saturated rings. The van der Waals surface area contributed by atoms with Gasteiger partial charge in [0.1, 0.15) is 0 Å². The summed E-state index contributed by atoms with van der Waals surface area (Å²) in [4.78, 5) is 27.2. The first-order valence-electron chi connectivity index (χ1n) is 9.33. The van der Waals surface area contributed by atoms with E-state index in [1.807, 2.05) is 22.3 Å². The van der Waals surface area contributed by atoms with Gasteiger partial charge in [-0.25, -0.2) is 9.97 Å². The maximum Gasteiger partial charge on any atom is 0.240 e. The smallest absolute Gasteiger partial charge is 0.240 e. The van der Waals surface area contributed by atoms with E-state index in [9.17, 15) is 4.79 Å². The van der Waals surface area contributed by atoms with Gasteiger partial charge >= 0.3 is 0 Å². The summed E-state index contributed by atoms with van der Waals surface area (Å²) in [5, 5.41) is 4.77. The molecule has 2 aliphatic heterocycles. The van der Waals surface area contributed by atoms with Crippen molar-refractivity contribution in [3.63, 3.8) is 0 Å². The van der Waals surface area contributed by atoms with Crippen molar-refractivity contribution in [1.29, 1.82) is 0 Å². The monoisotopic (exact) mass is 415 g/mol. The van der Waals surface area contributed by atoms with E-state index in [1.54, 1.807) is 12.4 Å². The Morgan fingerprint density at radius 1 is 1.07 bits per heavy atom. The number of carbonyl (C=O) groups is 1. The van der Waals surface area contributed by atoms with Gasteiger partial charge in [0, 0.05) is 54.7 Å². The van der Waals surface area contributed by atoms with Gasteiger partial charge in [-0.2, -0.15) is 0 Å². The second-order valence-corrected chi connectivity index (χ2v) is 8.14. The third-order valence-corrected chi connectivity index (χ3v) is 6.64. The van der Waals surface area contributed by atoms with Gasteiger partial charge in [0.15, 0.2) is 0 Å². The molecule has 1 aromatic carbocycles. The number of fused-ring (bicyclic) bond motifs is 3. The van der Waals surface area contributed by atoms with E-state index in [-0.39, 0.29) is 24.4 Å².